The number of rotatable bonds is 4. The number of quaternary nitrogens is 1. The first-order valence-electron chi connectivity index (χ1n) is 3.06. The van der Waals surface area contributed by atoms with Gasteiger partial charge < -0.3 is 15.1 Å². The van der Waals surface area contributed by atoms with Crippen LogP contribution in [0.3, 0.4) is 0 Å². The van der Waals surface area contributed by atoms with E-state index in [2.05, 4.69) is 21.3 Å². The minimum atomic E-state index is -1.24. The third kappa shape index (κ3) is 4.74. The van der Waals surface area contributed by atoms with E-state index in [1.807, 2.05) is 0 Å². The quantitative estimate of drug-likeness (QED) is 0.308. The summed E-state index contributed by atoms with van der Waals surface area (Å²) >= 11 is 0. The lowest BCUT2D eigenvalue weighted by Gasteiger charge is -2.21. The highest BCUT2D eigenvalue weighted by Gasteiger charge is 2.06. The second-order valence-corrected chi connectivity index (χ2v) is 1.83. The van der Waals surface area contributed by atoms with Gasteiger partial charge in [0.05, 0.1) is 0 Å². The van der Waals surface area contributed by atoms with E-state index in [9.17, 15) is 10.0 Å². The van der Waals surface area contributed by atoms with Crippen molar-refractivity contribution in [1.82, 2.24) is 0 Å². The molecule has 0 rings (SSSR count). The van der Waals surface area contributed by atoms with Crippen LogP contribution in [0.2, 0.25) is 0 Å². The molecule has 2 atom stereocenters. The number of nitrogens with zero attached hydrogens (tertiary/aromatic N) is 1. The van der Waals surface area contributed by atoms with Gasteiger partial charge >= 0.3 is 6.09 Å². The summed E-state index contributed by atoms with van der Waals surface area (Å²) in [7, 11) is 0. The number of hydrogen-bond acceptors (Lipinski definition) is 5. The molecule has 0 aromatic heterocycles. The second kappa shape index (κ2) is 5.61. The van der Waals surface area contributed by atoms with E-state index in [4.69, 9.17) is 5.11 Å². The molecule has 0 radical (unpaired) electrons. The Labute approximate surface area is 68.7 Å². The maximum atomic E-state index is 10.5. The van der Waals surface area contributed by atoms with Crippen LogP contribution in [0.4, 0.5) is 4.79 Å². The third-order valence-electron chi connectivity index (χ3n) is 0.854. The number of hydroxylamine groups is 2. The molecular formula is C5H10N2O5. The molecule has 0 aromatic rings. The van der Waals surface area contributed by atoms with Crippen LogP contribution >= 0.6 is 0 Å². The number of hydrogen-bond donors (Lipinski definition) is 2. The fourth-order valence-electron chi connectivity index (χ4n) is 0.304. The SMILES string of the molecule is C=NC(=O)OCO[NH+]([O-])C(C)O. The fraction of sp³-hybridized carbons (Fsp3) is 0.600. The molecule has 7 nitrogen and oxygen atoms in total. The van der Waals surface area contributed by atoms with Crippen molar-refractivity contribution >= 4 is 12.8 Å². The lowest BCUT2D eigenvalue weighted by atomic mass is 10.7. The molecule has 2 N–H and O–H groups in total. The van der Waals surface area contributed by atoms with Gasteiger partial charge in [-0.25, -0.2) is 4.79 Å². The predicted octanol–water partition coefficient (Wildman–Crippen LogP) is -1.57. The Bertz CT molecular complexity index is 160. The molecule has 12 heavy (non-hydrogen) atoms. The molecule has 0 aliphatic rings. The van der Waals surface area contributed by atoms with E-state index >= 15 is 0 Å². The first kappa shape index (κ1) is 11.0. The smallest absolute Gasteiger partial charge is 0.435 e. The highest BCUT2D eigenvalue weighted by molar-refractivity contribution is 5.72. The Morgan fingerprint density at radius 2 is 2.50 bits per heavy atom. The summed E-state index contributed by atoms with van der Waals surface area (Å²) in [4.78, 5) is 17.4. The van der Waals surface area contributed by atoms with E-state index < -0.39 is 24.3 Å². The van der Waals surface area contributed by atoms with Crippen LogP contribution in [-0.4, -0.2) is 30.9 Å². The monoisotopic (exact) mass is 178 g/mol. The van der Waals surface area contributed by atoms with Crippen molar-refractivity contribution in [2.75, 3.05) is 6.79 Å². The van der Waals surface area contributed by atoms with Gasteiger partial charge in [0.25, 0.3) is 0 Å². The van der Waals surface area contributed by atoms with Gasteiger partial charge in [-0.1, -0.05) is 0 Å². The summed E-state index contributed by atoms with van der Waals surface area (Å²) in [6.07, 6.45) is -2.17. The Morgan fingerprint density at radius 3 is 2.92 bits per heavy atom. The summed E-state index contributed by atoms with van der Waals surface area (Å²) < 4.78 is 4.19. The van der Waals surface area contributed by atoms with E-state index in [0.717, 1.165) is 0 Å². The van der Waals surface area contributed by atoms with Crippen LogP contribution in [0.15, 0.2) is 4.99 Å². The van der Waals surface area contributed by atoms with Crippen molar-refractivity contribution < 1.29 is 24.7 Å². The molecule has 7 heteroatoms. The fourth-order valence-corrected chi connectivity index (χ4v) is 0.304. The average molecular weight is 178 g/mol. The van der Waals surface area contributed by atoms with Crippen LogP contribution in [0, 0.1) is 5.21 Å². The minimum Gasteiger partial charge on any atom is -0.598 e. The normalized spacial score (nSPS) is 14.9. The molecule has 1 amide bonds. The number of aliphatic hydroxyl groups is 1. The van der Waals surface area contributed by atoms with Crippen LogP contribution < -0.4 is 5.23 Å². The van der Waals surface area contributed by atoms with Gasteiger partial charge in [-0.15, -0.1) is 0 Å². The summed E-state index contributed by atoms with van der Waals surface area (Å²) in [5.41, 5.74) is 0. The number of carbonyl (C=O) groups is 1. The standard InChI is InChI=1S/C5H10N2O5/c1-4(8)7(10)12-3-11-5(9)6-2/h4,7-8H,2-3H2,1H3. The van der Waals surface area contributed by atoms with E-state index in [1.165, 1.54) is 6.92 Å². The topological polar surface area (TPSA) is 95.6 Å². The number of amides is 1. The van der Waals surface area contributed by atoms with Gasteiger partial charge in [0, 0.05) is 6.92 Å². The summed E-state index contributed by atoms with van der Waals surface area (Å²) in [5, 5.41) is 18.2. The molecule has 0 bridgehead atoms. The summed E-state index contributed by atoms with van der Waals surface area (Å²) in [6.45, 7) is 3.54. The predicted molar refractivity (Wildman–Crippen MR) is 38.0 cm³/mol. The molecule has 0 aliphatic heterocycles. The lowest BCUT2D eigenvalue weighted by Crippen LogP contribution is -3.10. The molecule has 0 fully saturated rings. The first-order valence-corrected chi connectivity index (χ1v) is 3.06. The number of aliphatic imine (C=N–C) groups is 1. The van der Waals surface area contributed by atoms with Crippen LogP contribution in [0.25, 0.3) is 0 Å². The van der Waals surface area contributed by atoms with Gasteiger partial charge in [0.2, 0.25) is 13.0 Å². The molecule has 0 saturated carbocycles. The zero-order valence-electron chi connectivity index (χ0n) is 6.52. The highest BCUT2D eigenvalue weighted by Crippen LogP contribution is 1.79. The number of carbonyl (C=O) groups excluding carboxylic acids is 1. The van der Waals surface area contributed by atoms with Crippen molar-refractivity contribution in [2.24, 2.45) is 4.99 Å². The Hall–Kier alpha value is -1.02. The van der Waals surface area contributed by atoms with Gasteiger partial charge in [-0.2, -0.15) is 15.1 Å². The van der Waals surface area contributed by atoms with Crippen LogP contribution in [0.5, 0.6) is 0 Å². The first-order chi connectivity index (χ1) is 5.57. The van der Waals surface area contributed by atoms with Crippen LogP contribution in [-0.2, 0) is 9.57 Å². The Kier molecular flexibility index (Phi) is 5.13. The molecule has 0 saturated heterocycles. The maximum Gasteiger partial charge on any atom is 0.435 e. The molecule has 2 unspecified atom stereocenters. The number of nitrogens with one attached hydrogen (secondary N) is 1. The molecule has 70 valence electrons. The Balaban J connectivity index is 3.43. The second-order valence-electron chi connectivity index (χ2n) is 1.83. The zero-order chi connectivity index (χ0) is 9.56. The zero-order valence-corrected chi connectivity index (χ0v) is 6.52. The van der Waals surface area contributed by atoms with Crippen molar-refractivity contribution in [2.45, 2.75) is 13.2 Å². The lowest BCUT2D eigenvalue weighted by molar-refractivity contribution is -1.09. The molecule has 0 aliphatic carbocycles. The van der Waals surface area contributed by atoms with Crippen molar-refractivity contribution in [3.8, 4) is 0 Å². The van der Waals surface area contributed by atoms with Gasteiger partial charge in [-0.3, -0.25) is 0 Å². The van der Waals surface area contributed by atoms with Crippen molar-refractivity contribution in [3.63, 3.8) is 0 Å². The molecule has 0 aromatic carbocycles. The van der Waals surface area contributed by atoms with E-state index in [-0.39, 0.29) is 0 Å². The largest absolute Gasteiger partial charge is 0.598 e. The van der Waals surface area contributed by atoms with Gasteiger partial charge in [-0.05, 0) is 6.72 Å². The van der Waals surface area contributed by atoms with Crippen LogP contribution in [0.1, 0.15) is 6.92 Å². The van der Waals surface area contributed by atoms with E-state index in [0.29, 0.717) is 0 Å². The molecule has 0 spiro atoms. The van der Waals surface area contributed by atoms with E-state index in [1.54, 1.807) is 0 Å². The van der Waals surface area contributed by atoms with Gasteiger partial charge in [0.15, 0.2) is 0 Å². The van der Waals surface area contributed by atoms with Crippen molar-refractivity contribution in [3.05, 3.63) is 5.21 Å². The summed E-state index contributed by atoms with van der Waals surface area (Å²) in [5.74, 6) is 0. The van der Waals surface area contributed by atoms with Gasteiger partial charge in [0.1, 0.15) is 0 Å². The summed E-state index contributed by atoms with van der Waals surface area (Å²) in [6, 6.07) is 0. The Morgan fingerprint density at radius 1 is 1.92 bits per heavy atom. The molecule has 0 heterocycles. The minimum absolute atomic E-state index is 0.568. The van der Waals surface area contributed by atoms with Crippen molar-refractivity contribution in [1.29, 1.82) is 0 Å². The molecular weight excluding hydrogens is 168 g/mol. The number of aliphatic hydroxyl groups excluding tert-OH is 1. The third-order valence-corrected chi connectivity index (χ3v) is 0.854. The highest BCUT2D eigenvalue weighted by atomic mass is 16.9. The average Bonchev–Trinajstić information content (AvgIpc) is 2.03. The maximum absolute atomic E-state index is 10.5. The number of ether oxygens (including phenoxy) is 1.